The molecule has 0 rings (SSSR count). The molecule has 0 aromatic rings. The molecule has 0 aliphatic carbocycles. The third-order valence-corrected chi connectivity index (χ3v) is 1.99. The molecule has 0 nitrogen and oxygen atoms in total. The number of hydrogen-bond acceptors (Lipinski definition) is 0. The Labute approximate surface area is 85.9 Å². The van der Waals surface area contributed by atoms with Crippen LogP contribution >= 0.6 is 34.8 Å². The number of halogens is 8. The average Bonchev–Trinajstić information content (AvgIpc) is 1.84. The van der Waals surface area contributed by atoms with E-state index in [9.17, 15) is 22.0 Å². The summed E-state index contributed by atoms with van der Waals surface area (Å²) in [5.41, 5.74) is 0. The van der Waals surface area contributed by atoms with Gasteiger partial charge >= 0.3 is 11.8 Å². The minimum Gasteiger partial charge on any atom is -0.241 e. The van der Waals surface area contributed by atoms with Crippen molar-refractivity contribution in [2.75, 3.05) is 0 Å². The number of alkyl halides is 8. The summed E-state index contributed by atoms with van der Waals surface area (Å²) in [6.45, 7) is 0.254. The van der Waals surface area contributed by atoms with E-state index < -0.39 is 21.8 Å². The first-order valence-electron chi connectivity index (χ1n) is 2.91. The van der Waals surface area contributed by atoms with Gasteiger partial charge in [0.15, 0.2) is 6.17 Å². The van der Waals surface area contributed by atoms with Gasteiger partial charge in [0.05, 0.1) is 0 Å². The van der Waals surface area contributed by atoms with Gasteiger partial charge in [0, 0.05) is 0 Å². The van der Waals surface area contributed by atoms with Crippen molar-refractivity contribution < 1.29 is 22.0 Å². The summed E-state index contributed by atoms with van der Waals surface area (Å²) in [7, 11) is 0. The van der Waals surface area contributed by atoms with E-state index in [0.717, 1.165) is 0 Å². The molecule has 80 valence electrons. The van der Waals surface area contributed by atoms with E-state index in [1.165, 1.54) is 0 Å². The third-order valence-electron chi connectivity index (χ3n) is 1.27. The summed E-state index contributed by atoms with van der Waals surface area (Å²) < 4.78 is 58.6. The van der Waals surface area contributed by atoms with Crippen LogP contribution in [0.5, 0.6) is 0 Å². The molecule has 0 N–H and O–H groups in total. The van der Waals surface area contributed by atoms with Gasteiger partial charge in [-0.15, -0.1) is 0 Å². The van der Waals surface area contributed by atoms with E-state index in [-0.39, 0.29) is 6.92 Å². The molecule has 0 aliphatic heterocycles. The van der Waals surface area contributed by atoms with Gasteiger partial charge in [0.1, 0.15) is 0 Å². The molecule has 0 aromatic carbocycles. The van der Waals surface area contributed by atoms with Crippen LogP contribution in [0.1, 0.15) is 6.92 Å². The predicted molar refractivity (Wildman–Crippen MR) is 40.8 cm³/mol. The Hall–Kier alpha value is 0.520. The molecule has 0 aromatic heterocycles. The van der Waals surface area contributed by atoms with Crippen LogP contribution in [0.4, 0.5) is 22.0 Å². The van der Waals surface area contributed by atoms with Gasteiger partial charge < -0.3 is 0 Å². The molecule has 0 bridgehead atoms. The van der Waals surface area contributed by atoms with Gasteiger partial charge in [-0.3, -0.25) is 0 Å². The highest BCUT2D eigenvalue weighted by Crippen LogP contribution is 2.52. The molecular formula is C5H4Cl3F5. The minimum absolute atomic E-state index is 0.254. The summed E-state index contributed by atoms with van der Waals surface area (Å²) >= 11 is 13.8. The first-order valence-corrected chi connectivity index (χ1v) is 4.04. The average molecular weight is 265 g/mol. The Morgan fingerprint density at radius 3 is 1.38 bits per heavy atom. The fraction of sp³-hybridized carbons (Fsp3) is 1.00. The number of hydrogen-bond donors (Lipinski definition) is 0. The van der Waals surface area contributed by atoms with E-state index in [1.807, 2.05) is 0 Å². The lowest BCUT2D eigenvalue weighted by atomic mass is 10.1. The number of rotatable bonds is 2. The summed E-state index contributed by atoms with van der Waals surface area (Å²) in [5.74, 6) is -10.1. The summed E-state index contributed by atoms with van der Waals surface area (Å²) in [6, 6.07) is 0. The molecule has 8 heteroatoms. The summed E-state index contributed by atoms with van der Waals surface area (Å²) in [5, 5.41) is 0. The Kier molecular flexibility index (Phi) is 3.73. The van der Waals surface area contributed by atoms with Crippen molar-refractivity contribution in [3.63, 3.8) is 0 Å². The van der Waals surface area contributed by atoms with E-state index in [4.69, 9.17) is 0 Å². The maximum atomic E-state index is 12.6. The largest absolute Gasteiger partial charge is 0.359 e. The monoisotopic (exact) mass is 264 g/mol. The maximum absolute atomic E-state index is 12.6. The van der Waals surface area contributed by atoms with Gasteiger partial charge in [-0.25, -0.2) is 4.39 Å². The lowest BCUT2D eigenvalue weighted by Crippen LogP contribution is -2.54. The highest BCUT2D eigenvalue weighted by molar-refractivity contribution is 6.68. The molecule has 0 aliphatic rings. The van der Waals surface area contributed by atoms with Gasteiger partial charge in [-0.1, -0.05) is 34.8 Å². The smallest absolute Gasteiger partial charge is 0.241 e. The molecule has 0 saturated carbocycles. The lowest BCUT2D eigenvalue weighted by Gasteiger charge is -2.32. The van der Waals surface area contributed by atoms with Gasteiger partial charge in [0.25, 0.3) is 3.79 Å². The van der Waals surface area contributed by atoms with Crippen LogP contribution in [0.25, 0.3) is 0 Å². The summed E-state index contributed by atoms with van der Waals surface area (Å²) in [6.07, 6.45) is -3.11. The van der Waals surface area contributed by atoms with E-state index in [2.05, 4.69) is 34.8 Å². The van der Waals surface area contributed by atoms with Crippen LogP contribution in [-0.2, 0) is 0 Å². The standard InChI is InChI=1S/C5H4Cl3F5/c1-2(9)3(10,11)4(12,13)5(6,7)8/h2H,1H3. The molecule has 0 amide bonds. The second kappa shape index (κ2) is 3.59. The van der Waals surface area contributed by atoms with Crippen molar-refractivity contribution in [2.24, 2.45) is 0 Å². The first-order chi connectivity index (χ1) is 5.44. The third kappa shape index (κ3) is 2.30. The van der Waals surface area contributed by atoms with E-state index >= 15 is 0 Å². The molecular weight excluding hydrogens is 261 g/mol. The molecule has 13 heavy (non-hydrogen) atoms. The van der Waals surface area contributed by atoms with Crippen LogP contribution in [0, 0.1) is 0 Å². The molecule has 0 spiro atoms. The van der Waals surface area contributed by atoms with Crippen molar-refractivity contribution in [1.82, 2.24) is 0 Å². The zero-order valence-electron chi connectivity index (χ0n) is 6.10. The fourth-order valence-electron chi connectivity index (χ4n) is 0.439. The molecule has 1 unspecified atom stereocenters. The molecule has 0 saturated heterocycles. The van der Waals surface area contributed by atoms with Crippen LogP contribution < -0.4 is 0 Å². The second-order valence-electron chi connectivity index (χ2n) is 2.31. The van der Waals surface area contributed by atoms with Crippen molar-refractivity contribution in [3.05, 3.63) is 0 Å². The van der Waals surface area contributed by atoms with Crippen LogP contribution in [0.15, 0.2) is 0 Å². The van der Waals surface area contributed by atoms with Crippen molar-refractivity contribution in [2.45, 2.75) is 28.7 Å². The first kappa shape index (κ1) is 13.5. The predicted octanol–water partition coefficient (Wildman–Crippen LogP) is 3.99. The van der Waals surface area contributed by atoms with Crippen LogP contribution in [0.2, 0.25) is 0 Å². The van der Waals surface area contributed by atoms with Gasteiger partial charge in [0.2, 0.25) is 0 Å². The highest BCUT2D eigenvalue weighted by atomic mass is 35.6. The molecule has 0 fully saturated rings. The Morgan fingerprint density at radius 1 is 1.00 bits per heavy atom. The molecule has 0 heterocycles. The van der Waals surface area contributed by atoms with Crippen molar-refractivity contribution in [1.29, 1.82) is 0 Å². The van der Waals surface area contributed by atoms with Gasteiger partial charge in [-0.2, -0.15) is 17.6 Å². The lowest BCUT2D eigenvalue weighted by molar-refractivity contribution is -0.233. The Morgan fingerprint density at radius 2 is 1.31 bits per heavy atom. The quantitative estimate of drug-likeness (QED) is 0.523. The van der Waals surface area contributed by atoms with Crippen molar-refractivity contribution in [3.8, 4) is 0 Å². The van der Waals surface area contributed by atoms with E-state index in [0.29, 0.717) is 0 Å². The van der Waals surface area contributed by atoms with Crippen molar-refractivity contribution >= 4 is 34.8 Å². The normalized spacial score (nSPS) is 17.3. The van der Waals surface area contributed by atoms with Gasteiger partial charge in [-0.05, 0) is 6.92 Å². The maximum Gasteiger partial charge on any atom is 0.359 e. The molecule has 1 atom stereocenters. The summed E-state index contributed by atoms with van der Waals surface area (Å²) in [4.78, 5) is 0. The zero-order chi connectivity index (χ0) is 11.1. The van der Waals surface area contributed by atoms with Crippen LogP contribution in [-0.4, -0.2) is 21.8 Å². The van der Waals surface area contributed by atoms with E-state index in [1.54, 1.807) is 0 Å². The fourth-order valence-corrected chi connectivity index (χ4v) is 0.817. The second-order valence-corrected chi connectivity index (χ2v) is 4.59. The topological polar surface area (TPSA) is 0 Å². The van der Waals surface area contributed by atoms with Crippen LogP contribution in [0.3, 0.4) is 0 Å². The Balaban J connectivity index is 5.04. The molecule has 0 radical (unpaired) electrons. The SMILES string of the molecule is CC(F)C(F)(F)C(F)(F)C(Cl)(Cl)Cl. The zero-order valence-corrected chi connectivity index (χ0v) is 8.37. The minimum atomic E-state index is -5.06. The Bertz CT molecular complexity index is 185. The highest BCUT2D eigenvalue weighted by Gasteiger charge is 2.70.